The number of nitriles is 1. The monoisotopic (exact) mass is 284 g/mol. The van der Waals surface area contributed by atoms with E-state index in [1.54, 1.807) is 19.2 Å². The van der Waals surface area contributed by atoms with Crippen LogP contribution in [0.15, 0.2) is 24.3 Å². The molecule has 1 heterocycles. The van der Waals surface area contributed by atoms with Crippen molar-refractivity contribution in [2.75, 3.05) is 19.0 Å². The van der Waals surface area contributed by atoms with E-state index in [4.69, 9.17) is 10.00 Å². The van der Waals surface area contributed by atoms with Crippen molar-refractivity contribution < 1.29 is 4.74 Å². The second-order valence-electron chi connectivity index (χ2n) is 4.95. The van der Waals surface area contributed by atoms with Crippen LogP contribution in [0, 0.1) is 25.2 Å². The summed E-state index contributed by atoms with van der Waals surface area (Å²) in [6.07, 6.45) is 0.935. The highest BCUT2D eigenvalue weighted by Crippen LogP contribution is 2.21. The maximum atomic E-state index is 9.11. The Hall–Kier alpha value is -2.48. The third-order valence-electron chi connectivity index (χ3n) is 3.31. The van der Waals surface area contributed by atoms with E-state index in [0.29, 0.717) is 5.56 Å². The molecule has 0 aliphatic rings. The van der Waals surface area contributed by atoms with E-state index in [1.807, 2.05) is 17.7 Å². The molecule has 0 bridgehead atoms. The summed E-state index contributed by atoms with van der Waals surface area (Å²) in [4.78, 5) is 0. The van der Waals surface area contributed by atoms with Gasteiger partial charge in [-0.3, -0.25) is 4.68 Å². The lowest BCUT2D eigenvalue weighted by atomic mass is 10.2. The lowest BCUT2D eigenvalue weighted by Gasteiger charge is -2.10. The highest BCUT2D eigenvalue weighted by atomic mass is 16.5. The molecule has 0 saturated carbocycles. The van der Waals surface area contributed by atoms with Crippen LogP contribution in [0.5, 0.6) is 5.75 Å². The van der Waals surface area contributed by atoms with Crippen molar-refractivity contribution in [1.29, 1.82) is 5.26 Å². The van der Waals surface area contributed by atoms with E-state index >= 15 is 0 Å². The fourth-order valence-electron chi connectivity index (χ4n) is 2.25. The van der Waals surface area contributed by atoms with Gasteiger partial charge in [0.05, 0.1) is 24.1 Å². The van der Waals surface area contributed by atoms with Gasteiger partial charge in [0, 0.05) is 24.8 Å². The third kappa shape index (κ3) is 3.76. The van der Waals surface area contributed by atoms with Crippen LogP contribution in [0.25, 0.3) is 0 Å². The van der Waals surface area contributed by atoms with Crippen LogP contribution in [0.4, 0.5) is 5.69 Å². The second-order valence-corrected chi connectivity index (χ2v) is 4.95. The zero-order valence-electron chi connectivity index (χ0n) is 12.7. The molecule has 0 aliphatic heterocycles. The van der Waals surface area contributed by atoms with Gasteiger partial charge in [-0.2, -0.15) is 10.4 Å². The number of aromatic nitrogens is 2. The minimum atomic E-state index is 0.627. The molecule has 21 heavy (non-hydrogen) atoms. The number of methoxy groups -OCH3 is 1. The molecule has 0 aliphatic carbocycles. The van der Waals surface area contributed by atoms with E-state index in [-0.39, 0.29) is 0 Å². The zero-order chi connectivity index (χ0) is 15.2. The fourth-order valence-corrected chi connectivity index (χ4v) is 2.25. The number of ether oxygens (including phenoxy) is 1. The zero-order valence-corrected chi connectivity index (χ0v) is 12.7. The van der Waals surface area contributed by atoms with Gasteiger partial charge in [-0.05, 0) is 38.5 Å². The summed E-state index contributed by atoms with van der Waals surface area (Å²) in [6, 6.07) is 9.66. The Balaban J connectivity index is 1.91. The highest BCUT2D eigenvalue weighted by molar-refractivity contribution is 5.60. The van der Waals surface area contributed by atoms with Crippen molar-refractivity contribution in [1.82, 2.24) is 9.78 Å². The number of nitrogens with one attached hydrogen (secondary N) is 1. The summed E-state index contributed by atoms with van der Waals surface area (Å²) in [5.74, 6) is 0.745. The number of rotatable bonds is 6. The molecule has 0 atom stereocenters. The van der Waals surface area contributed by atoms with Crippen molar-refractivity contribution in [3.8, 4) is 11.8 Å². The molecular weight excluding hydrogens is 264 g/mol. The first-order valence-corrected chi connectivity index (χ1v) is 6.97. The van der Waals surface area contributed by atoms with Gasteiger partial charge in [-0.15, -0.1) is 0 Å². The van der Waals surface area contributed by atoms with Crippen LogP contribution in [-0.4, -0.2) is 23.4 Å². The van der Waals surface area contributed by atoms with Gasteiger partial charge in [0.15, 0.2) is 0 Å². The number of nitrogens with zero attached hydrogens (tertiary/aromatic N) is 3. The van der Waals surface area contributed by atoms with E-state index in [1.165, 1.54) is 5.69 Å². The predicted octanol–water partition coefficient (Wildman–Crippen LogP) is 2.88. The van der Waals surface area contributed by atoms with E-state index in [2.05, 4.69) is 29.5 Å². The van der Waals surface area contributed by atoms with Crippen molar-refractivity contribution in [2.24, 2.45) is 0 Å². The van der Waals surface area contributed by atoms with Crippen LogP contribution in [0.1, 0.15) is 23.4 Å². The van der Waals surface area contributed by atoms with Crippen LogP contribution in [0.3, 0.4) is 0 Å². The molecule has 5 nitrogen and oxygen atoms in total. The van der Waals surface area contributed by atoms with Gasteiger partial charge in [0.25, 0.3) is 0 Å². The normalized spacial score (nSPS) is 10.2. The predicted molar refractivity (Wildman–Crippen MR) is 82.5 cm³/mol. The Kier molecular flexibility index (Phi) is 4.83. The maximum absolute atomic E-state index is 9.11. The van der Waals surface area contributed by atoms with Gasteiger partial charge in [-0.25, -0.2) is 0 Å². The molecule has 0 fully saturated rings. The van der Waals surface area contributed by atoms with E-state index in [0.717, 1.165) is 36.6 Å². The molecule has 2 rings (SSSR count). The van der Waals surface area contributed by atoms with E-state index < -0.39 is 0 Å². The van der Waals surface area contributed by atoms with Gasteiger partial charge in [0.1, 0.15) is 11.8 Å². The average Bonchev–Trinajstić information content (AvgIpc) is 2.81. The molecule has 0 unspecified atom stereocenters. The molecule has 5 heteroatoms. The van der Waals surface area contributed by atoms with Crippen molar-refractivity contribution in [3.05, 3.63) is 41.2 Å². The molecule has 0 radical (unpaired) electrons. The summed E-state index contributed by atoms with van der Waals surface area (Å²) in [5.41, 5.74) is 3.65. The first-order valence-electron chi connectivity index (χ1n) is 6.97. The first kappa shape index (κ1) is 14.9. The standard InChI is InChI=1S/C16H20N4O/c1-12-9-13(2)20(19-12)8-4-7-18-16-10-15(21-3)6-5-14(16)11-17/h5-6,9-10,18H,4,7-8H2,1-3H3. The summed E-state index contributed by atoms with van der Waals surface area (Å²) < 4.78 is 7.19. The fraction of sp³-hybridized carbons (Fsp3) is 0.375. The Morgan fingerprint density at radius 1 is 1.33 bits per heavy atom. The van der Waals surface area contributed by atoms with Crippen molar-refractivity contribution >= 4 is 5.69 Å². The lowest BCUT2D eigenvalue weighted by molar-refractivity contribution is 0.415. The largest absolute Gasteiger partial charge is 0.497 e. The molecule has 1 aromatic carbocycles. The third-order valence-corrected chi connectivity index (χ3v) is 3.31. The lowest BCUT2D eigenvalue weighted by Crippen LogP contribution is -2.09. The summed E-state index contributed by atoms with van der Waals surface area (Å²) in [7, 11) is 1.62. The molecule has 1 aromatic heterocycles. The topological polar surface area (TPSA) is 62.9 Å². The summed E-state index contributed by atoms with van der Waals surface area (Å²) >= 11 is 0. The Morgan fingerprint density at radius 2 is 2.14 bits per heavy atom. The van der Waals surface area contributed by atoms with Crippen molar-refractivity contribution in [3.63, 3.8) is 0 Å². The van der Waals surface area contributed by atoms with Gasteiger partial charge in [-0.1, -0.05) is 0 Å². The quantitative estimate of drug-likeness (QED) is 0.828. The molecule has 0 amide bonds. The minimum absolute atomic E-state index is 0.627. The van der Waals surface area contributed by atoms with Gasteiger partial charge < -0.3 is 10.1 Å². The Labute approximate surface area is 125 Å². The number of aryl methyl sites for hydroxylation is 3. The number of hydrogen-bond donors (Lipinski definition) is 1. The van der Waals surface area contributed by atoms with E-state index in [9.17, 15) is 0 Å². The SMILES string of the molecule is COc1ccc(C#N)c(NCCCn2nc(C)cc2C)c1. The molecule has 2 aromatic rings. The number of benzene rings is 1. The van der Waals surface area contributed by atoms with Gasteiger partial charge in [0.2, 0.25) is 0 Å². The highest BCUT2D eigenvalue weighted by Gasteiger charge is 2.04. The minimum Gasteiger partial charge on any atom is -0.497 e. The van der Waals surface area contributed by atoms with Crippen LogP contribution < -0.4 is 10.1 Å². The second kappa shape index (κ2) is 6.80. The van der Waals surface area contributed by atoms with Crippen molar-refractivity contribution in [2.45, 2.75) is 26.8 Å². The Bertz CT molecular complexity index is 655. The van der Waals surface area contributed by atoms with Crippen LogP contribution in [0.2, 0.25) is 0 Å². The average molecular weight is 284 g/mol. The van der Waals surface area contributed by atoms with Crippen LogP contribution >= 0.6 is 0 Å². The molecule has 110 valence electrons. The summed E-state index contributed by atoms with van der Waals surface area (Å²) in [6.45, 7) is 5.69. The molecule has 1 N–H and O–H groups in total. The van der Waals surface area contributed by atoms with Gasteiger partial charge >= 0.3 is 0 Å². The number of anilines is 1. The molecular formula is C16H20N4O. The molecule has 0 saturated heterocycles. The molecule has 0 spiro atoms. The Morgan fingerprint density at radius 3 is 2.76 bits per heavy atom. The number of hydrogen-bond acceptors (Lipinski definition) is 4. The maximum Gasteiger partial charge on any atom is 0.121 e. The summed E-state index contributed by atoms with van der Waals surface area (Å²) in [5, 5.41) is 16.8. The van der Waals surface area contributed by atoms with Crippen LogP contribution in [-0.2, 0) is 6.54 Å². The smallest absolute Gasteiger partial charge is 0.121 e. The first-order chi connectivity index (χ1) is 10.1.